The first-order valence-corrected chi connectivity index (χ1v) is 7.86. The lowest BCUT2D eigenvalue weighted by Gasteiger charge is -2.07. The summed E-state index contributed by atoms with van der Waals surface area (Å²) < 4.78 is 2.11. The Bertz CT molecular complexity index is 701. The quantitative estimate of drug-likeness (QED) is 0.636. The molecule has 0 fully saturated rings. The number of rotatable bonds is 6. The molecule has 0 radical (unpaired) electrons. The highest BCUT2D eigenvalue weighted by atomic mass is 32.1. The standard InChI is InChI=1S/C17H16N2OS/c20-15(16-9-5-13-21-16)8-4-11-19-12-10-18-17(19)14-6-2-1-3-7-14/h1-3,5-7,9-10,12-13H,4,8,11H2. The molecular formula is C17H16N2OS. The van der Waals surface area contributed by atoms with Crippen LogP contribution in [0.5, 0.6) is 0 Å². The van der Waals surface area contributed by atoms with Gasteiger partial charge < -0.3 is 4.57 Å². The van der Waals surface area contributed by atoms with Gasteiger partial charge in [-0.1, -0.05) is 36.4 Å². The number of thiophene rings is 1. The van der Waals surface area contributed by atoms with Crippen molar-refractivity contribution in [3.05, 3.63) is 65.1 Å². The average molecular weight is 296 g/mol. The minimum absolute atomic E-state index is 0.228. The topological polar surface area (TPSA) is 34.9 Å². The van der Waals surface area contributed by atoms with Crippen LogP contribution in [0, 0.1) is 0 Å². The number of imidazole rings is 1. The molecule has 21 heavy (non-hydrogen) atoms. The monoisotopic (exact) mass is 296 g/mol. The smallest absolute Gasteiger partial charge is 0.172 e. The molecule has 0 aliphatic carbocycles. The van der Waals surface area contributed by atoms with Crippen molar-refractivity contribution >= 4 is 17.1 Å². The van der Waals surface area contributed by atoms with Crippen molar-refractivity contribution < 1.29 is 4.79 Å². The summed E-state index contributed by atoms with van der Waals surface area (Å²) in [5.74, 6) is 1.19. The molecule has 3 rings (SSSR count). The van der Waals surface area contributed by atoms with Crippen molar-refractivity contribution in [3.8, 4) is 11.4 Å². The van der Waals surface area contributed by atoms with Gasteiger partial charge in [0.1, 0.15) is 5.82 Å². The third-order valence-electron chi connectivity index (χ3n) is 3.35. The Labute approximate surface area is 127 Å². The zero-order chi connectivity index (χ0) is 14.5. The molecule has 0 N–H and O–H groups in total. The molecule has 0 saturated heterocycles. The molecular weight excluding hydrogens is 280 g/mol. The van der Waals surface area contributed by atoms with Crippen molar-refractivity contribution in [2.24, 2.45) is 0 Å². The van der Waals surface area contributed by atoms with Gasteiger partial charge in [0.05, 0.1) is 4.88 Å². The van der Waals surface area contributed by atoms with Crippen molar-refractivity contribution in [1.29, 1.82) is 0 Å². The lowest BCUT2D eigenvalue weighted by Crippen LogP contribution is -2.03. The fraction of sp³-hybridized carbons (Fsp3) is 0.176. The van der Waals surface area contributed by atoms with Crippen LogP contribution >= 0.6 is 11.3 Å². The van der Waals surface area contributed by atoms with Crippen LogP contribution in [0.2, 0.25) is 0 Å². The number of carbonyl (C=O) groups is 1. The van der Waals surface area contributed by atoms with Crippen LogP contribution < -0.4 is 0 Å². The van der Waals surface area contributed by atoms with Crippen LogP contribution in [0.4, 0.5) is 0 Å². The van der Waals surface area contributed by atoms with E-state index in [4.69, 9.17) is 0 Å². The molecule has 2 aromatic heterocycles. The third-order valence-corrected chi connectivity index (χ3v) is 4.26. The Morgan fingerprint density at radius 3 is 2.76 bits per heavy atom. The summed E-state index contributed by atoms with van der Waals surface area (Å²) >= 11 is 1.51. The molecule has 0 bridgehead atoms. The largest absolute Gasteiger partial charge is 0.331 e. The maximum absolute atomic E-state index is 12.0. The predicted molar refractivity (Wildman–Crippen MR) is 85.5 cm³/mol. The highest BCUT2D eigenvalue weighted by molar-refractivity contribution is 7.12. The van der Waals surface area contributed by atoms with E-state index in [9.17, 15) is 4.79 Å². The Hall–Kier alpha value is -2.20. The molecule has 1 aromatic carbocycles. The van der Waals surface area contributed by atoms with Crippen LogP contribution in [-0.4, -0.2) is 15.3 Å². The van der Waals surface area contributed by atoms with Gasteiger partial charge in [-0.15, -0.1) is 11.3 Å². The summed E-state index contributed by atoms with van der Waals surface area (Å²) in [4.78, 5) is 17.2. The summed E-state index contributed by atoms with van der Waals surface area (Å²) in [7, 11) is 0. The lowest BCUT2D eigenvalue weighted by atomic mass is 10.2. The van der Waals surface area contributed by atoms with Crippen LogP contribution in [0.3, 0.4) is 0 Å². The van der Waals surface area contributed by atoms with E-state index in [0.29, 0.717) is 6.42 Å². The molecule has 0 aliphatic heterocycles. The second kappa shape index (κ2) is 6.50. The molecule has 0 saturated carbocycles. The van der Waals surface area contributed by atoms with Gasteiger partial charge in [-0.05, 0) is 17.9 Å². The van der Waals surface area contributed by atoms with Crippen LogP contribution in [-0.2, 0) is 6.54 Å². The van der Waals surface area contributed by atoms with Gasteiger partial charge in [-0.2, -0.15) is 0 Å². The molecule has 4 heteroatoms. The van der Waals surface area contributed by atoms with Gasteiger partial charge in [0.25, 0.3) is 0 Å². The first-order valence-electron chi connectivity index (χ1n) is 6.98. The third kappa shape index (κ3) is 3.28. The van der Waals surface area contributed by atoms with Crippen LogP contribution in [0.25, 0.3) is 11.4 Å². The summed E-state index contributed by atoms with van der Waals surface area (Å²) in [6.07, 6.45) is 5.18. The first kappa shape index (κ1) is 13.8. The molecule has 3 nitrogen and oxygen atoms in total. The first-order chi connectivity index (χ1) is 10.3. The second-order valence-corrected chi connectivity index (χ2v) is 5.76. The number of benzene rings is 1. The van der Waals surface area contributed by atoms with Crippen LogP contribution in [0.15, 0.2) is 60.2 Å². The number of Topliss-reactive ketones (excluding diaryl/α,β-unsaturated/α-hetero) is 1. The molecule has 0 atom stereocenters. The van der Waals surface area contributed by atoms with E-state index in [0.717, 1.165) is 29.2 Å². The van der Waals surface area contributed by atoms with Gasteiger partial charge in [0.2, 0.25) is 0 Å². The second-order valence-electron chi connectivity index (χ2n) is 4.81. The predicted octanol–water partition coefficient (Wildman–Crippen LogP) is 4.27. The van der Waals surface area contributed by atoms with E-state index in [1.807, 2.05) is 48.1 Å². The van der Waals surface area contributed by atoms with Gasteiger partial charge in [-0.3, -0.25) is 4.79 Å². The normalized spacial score (nSPS) is 10.7. The van der Waals surface area contributed by atoms with E-state index in [-0.39, 0.29) is 5.78 Å². The van der Waals surface area contributed by atoms with Gasteiger partial charge in [-0.25, -0.2) is 4.98 Å². The highest BCUT2D eigenvalue weighted by Crippen LogP contribution is 2.18. The van der Waals surface area contributed by atoms with Crippen LogP contribution in [0.1, 0.15) is 22.5 Å². The molecule has 0 aliphatic rings. The highest BCUT2D eigenvalue weighted by Gasteiger charge is 2.08. The van der Waals surface area contributed by atoms with E-state index in [2.05, 4.69) is 21.7 Å². The van der Waals surface area contributed by atoms with Crippen molar-refractivity contribution in [3.63, 3.8) is 0 Å². The SMILES string of the molecule is O=C(CCCn1ccnc1-c1ccccc1)c1cccs1. The van der Waals surface area contributed by atoms with E-state index < -0.39 is 0 Å². The minimum Gasteiger partial charge on any atom is -0.331 e. The number of nitrogens with zero attached hydrogens (tertiary/aromatic N) is 2. The summed E-state index contributed by atoms with van der Waals surface area (Å²) in [5, 5.41) is 1.94. The zero-order valence-corrected chi connectivity index (χ0v) is 12.4. The molecule has 0 amide bonds. The maximum Gasteiger partial charge on any atom is 0.172 e. The molecule has 3 aromatic rings. The Kier molecular flexibility index (Phi) is 4.26. The van der Waals surface area contributed by atoms with Crippen molar-refractivity contribution in [1.82, 2.24) is 9.55 Å². The molecule has 106 valence electrons. The Balaban J connectivity index is 1.62. The zero-order valence-electron chi connectivity index (χ0n) is 11.6. The number of hydrogen-bond donors (Lipinski definition) is 0. The summed E-state index contributed by atoms with van der Waals surface area (Å²) in [6, 6.07) is 13.9. The van der Waals surface area contributed by atoms with E-state index in [1.165, 1.54) is 11.3 Å². The summed E-state index contributed by atoms with van der Waals surface area (Å²) in [5.41, 5.74) is 1.10. The number of aryl methyl sites for hydroxylation is 1. The average Bonchev–Trinajstić information content (AvgIpc) is 3.20. The van der Waals surface area contributed by atoms with E-state index >= 15 is 0 Å². The maximum atomic E-state index is 12.0. The summed E-state index contributed by atoms with van der Waals surface area (Å²) in [6.45, 7) is 0.807. The Morgan fingerprint density at radius 2 is 2.00 bits per heavy atom. The Morgan fingerprint density at radius 1 is 1.14 bits per heavy atom. The molecule has 0 spiro atoms. The molecule has 0 unspecified atom stereocenters. The minimum atomic E-state index is 0.228. The number of ketones is 1. The van der Waals surface area contributed by atoms with Crippen molar-refractivity contribution in [2.45, 2.75) is 19.4 Å². The van der Waals surface area contributed by atoms with Gasteiger partial charge in [0.15, 0.2) is 5.78 Å². The fourth-order valence-electron chi connectivity index (χ4n) is 2.31. The van der Waals surface area contributed by atoms with E-state index in [1.54, 1.807) is 0 Å². The molecule has 2 heterocycles. The lowest BCUT2D eigenvalue weighted by molar-refractivity contribution is 0.0982. The fourth-order valence-corrected chi connectivity index (χ4v) is 3.00. The van der Waals surface area contributed by atoms with Gasteiger partial charge in [0, 0.05) is 30.9 Å². The number of hydrogen-bond acceptors (Lipinski definition) is 3. The van der Waals surface area contributed by atoms with Gasteiger partial charge >= 0.3 is 0 Å². The number of aromatic nitrogens is 2. The number of carbonyl (C=O) groups excluding carboxylic acids is 1. The van der Waals surface area contributed by atoms with Crippen molar-refractivity contribution in [2.75, 3.05) is 0 Å².